The number of aliphatic hydroxyl groups is 2. The predicted octanol–water partition coefficient (Wildman–Crippen LogP) is -2.21. The second-order valence-corrected chi connectivity index (χ2v) is 5.27. The lowest BCUT2D eigenvalue weighted by Crippen LogP contribution is -2.38. The molecule has 0 spiro atoms. The summed E-state index contributed by atoms with van der Waals surface area (Å²) in [6.07, 6.45) is -1.02. The van der Waals surface area contributed by atoms with E-state index in [4.69, 9.17) is 15.2 Å². The highest BCUT2D eigenvalue weighted by Gasteiger charge is 2.46. The number of hydrogen-bond donors (Lipinski definition) is 4. The number of likely N-dealkylation sites (N-methyl/N-ethyl adjacent to an activating group) is 1. The number of amides is 1. The first-order valence-corrected chi connectivity index (χ1v) is 7.26. The largest absolute Gasteiger partial charge is 0.394 e. The Hall–Kier alpha value is -2.34. The van der Waals surface area contributed by atoms with Crippen molar-refractivity contribution in [1.29, 1.82) is 0 Å². The number of aromatic nitrogens is 4. The first kappa shape index (κ1) is 16.5. The first-order valence-electron chi connectivity index (χ1n) is 7.26. The summed E-state index contributed by atoms with van der Waals surface area (Å²) in [7, 11) is 1.47. The van der Waals surface area contributed by atoms with E-state index >= 15 is 0 Å². The molecule has 24 heavy (non-hydrogen) atoms. The summed E-state index contributed by atoms with van der Waals surface area (Å²) < 4.78 is 12.5. The molecule has 1 aliphatic rings. The van der Waals surface area contributed by atoms with Gasteiger partial charge in [0.25, 0.3) is 0 Å². The Kier molecular flexibility index (Phi) is 4.57. The van der Waals surface area contributed by atoms with Gasteiger partial charge in [0.05, 0.1) is 12.9 Å². The van der Waals surface area contributed by atoms with E-state index in [1.165, 1.54) is 24.3 Å². The SMILES string of the molecule is CNC(=O)CO[C@@H]1[C@@H](O)[C@H](n2cnc3c(N)ncnc32)O[C@@H]1CO. The maximum Gasteiger partial charge on any atom is 0.245 e. The van der Waals surface area contributed by atoms with Crippen LogP contribution in [0.15, 0.2) is 12.7 Å². The Morgan fingerprint density at radius 2 is 2.29 bits per heavy atom. The number of hydrogen-bond acceptors (Lipinski definition) is 9. The van der Waals surface area contributed by atoms with E-state index in [2.05, 4.69) is 20.3 Å². The number of nitrogens with two attached hydrogens (primary N) is 1. The van der Waals surface area contributed by atoms with E-state index < -0.39 is 24.5 Å². The molecule has 5 N–H and O–H groups in total. The van der Waals surface area contributed by atoms with Crippen molar-refractivity contribution in [2.24, 2.45) is 0 Å². The molecule has 0 bridgehead atoms. The Balaban J connectivity index is 1.86. The van der Waals surface area contributed by atoms with Crippen molar-refractivity contribution < 1.29 is 24.5 Å². The van der Waals surface area contributed by atoms with Gasteiger partial charge in [0.15, 0.2) is 17.7 Å². The second kappa shape index (κ2) is 6.65. The molecule has 1 aliphatic heterocycles. The Labute approximate surface area is 136 Å². The van der Waals surface area contributed by atoms with Crippen LogP contribution >= 0.6 is 0 Å². The third-order valence-corrected chi connectivity index (χ3v) is 3.84. The molecule has 0 aromatic carbocycles. The molecule has 1 fully saturated rings. The smallest absolute Gasteiger partial charge is 0.245 e. The van der Waals surface area contributed by atoms with Gasteiger partial charge < -0.3 is 30.7 Å². The van der Waals surface area contributed by atoms with Gasteiger partial charge in [-0.25, -0.2) is 15.0 Å². The minimum Gasteiger partial charge on any atom is -0.394 e. The van der Waals surface area contributed by atoms with Crippen LogP contribution in [0.3, 0.4) is 0 Å². The van der Waals surface area contributed by atoms with Crippen LogP contribution in [0.25, 0.3) is 11.2 Å². The summed E-state index contributed by atoms with van der Waals surface area (Å²) in [6, 6.07) is 0. The number of nitrogen functional groups attached to an aromatic ring is 1. The zero-order chi connectivity index (χ0) is 17.3. The highest BCUT2D eigenvalue weighted by atomic mass is 16.6. The monoisotopic (exact) mass is 338 g/mol. The number of ether oxygens (including phenoxy) is 2. The number of imidazole rings is 1. The van der Waals surface area contributed by atoms with Crippen LogP contribution in [-0.2, 0) is 14.3 Å². The lowest BCUT2D eigenvalue weighted by atomic mass is 10.1. The van der Waals surface area contributed by atoms with Gasteiger partial charge in [0.1, 0.15) is 36.8 Å². The van der Waals surface area contributed by atoms with E-state index in [1.807, 2.05) is 0 Å². The third kappa shape index (κ3) is 2.78. The first-order chi connectivity index (χ1) is 11.6. The molecule has 2 aromatic rings. The summed E-state index contributed by atoms with van der Waals surface area (Å²) in [6.45, 7) is -0.639. The molecule has 4 atom stereocenters. The van der Waals surface area contributed by atoms with Crippen LogP contribution in [0.4, 0.5) is 5.82 Å². The quantitative estimate of drug-likeness (QED) is 0.474. The molecule has 130 valence electrons. The minimum absolute atomic E-state index is 0.206. The molecule has 0 unspecified atom stereocenters. The van der Waals surface area contributed by atoms with Gasteiger partial charge in [-0.2, -0.15) is 0 Å². The van der Waals surface area contributed by atoms with Crippen LogP contribution < -0.4 is 11.1 Å². The molecule has 1 amide bonds. The molecule has 11 heteroatoms. The number of fused-ring (bicyclic) bond motifs is 1. The summed E-state index contributed by atoms with van der Waals surface area (Å²) in [4.78, 5) is 23.4. The van der Waals surface area contributed by atoms with Gasteiger partial charge in [-0.15, -0.1) is 0 Å². The molecule has 2 aromatic heterocycles. The van der Waals surface area contributed by atoms with Crippen molar-refractivity contribution in [3.8, 4) is 0 Å². The maximum absolute atomic E-state index is 11.3. The summed E-state index contributed by atoms with van der Waals surface area (Å²) in [5, 5.41) is 22.4. The Morgan fingerprint density at radius 1 is 1.50 bits per heavy atom. The van der Waals surface area contributed by atoms with Crippen LogP contribution in [0.5, 0.6) is 0 Å². The zero-order valence-electron chi connectivity index (χ0n) is 12.9. The van der Waals surface area contributed by atoms with Crippen LogP contribution in [0.1, 0.15) is 6.23 Å². The normalized spacial score (nSPS) is 26.8. The van der Waals surface area contributed by atoms with Gasteiger partial charge in [0, 0.05) is 7.05 Å². The fourth-order valence-electron chi connectivity index (χ4n) is 2.60. The number of aliphatic hydroxyl groups excluding tert-OH is 2. The number of anilines is 1. The van der Waals surface area contributed by atoms with E-state index in [0.717, 1.165) is 0 Å². The van der Waals surface area contributed by atoms with E-state index in [-0.39, 0.29) is 24.9 Å². The standard InChI is InChI=1S/C13H18N6O5/c1-15-7(21)3-23-10-6(2-20)24-13(9(10)22)19-5-18-8-11(14)16-4-17-12(8)19/h4-6,9-10,13,20,22H,2-3H2,1H3,(H,15,21)(H2,14,16,17)/t6-,9-,10+,13-/m1/s1. The van der Waals surface area contributed by atoms with Gasteiger partial charge in [-0.05, 0) is 0 Å². The van der Waals surface area contributed by atoms with Crippen LogP contribution in [0, 0.1) is 0 Å². The lowest BCUT2D eigenvalue weighted by Gasteiger charge is -2.19. The van der Waals surface area contributed by atoms with Gasteiger partial charge >= 0.3 is 0 Å². The maximum atomic E-state index is 11.3. The second-order valence-electron chi connectivity index (χ2n) is 5.27. The number of carbonyl (C=O) groups is 1. The summed E-state index contributed by atoms with van der Waals surface area (Å²) in [5.74, 6) is -0.145. The average molecular weight is 338 g/mol. The van der Waals surface area contributed by atoms with Crippen molar-refractivity contribution in [3.05, 3.63) is 12.7 Å². The highest BCUT2D eigenvalue weighted by molar-refractivity contribution is 5.81. The molecular formula is C13H18N6O5. The zero-order valence-corrected chi connectivity index (χ0v) is 12.9. The lowest BCUT2D eigenvalue weighted by molar-refractivity contribution is -0.131. The highest BCUT2D eigenvalue weighted by Crippen LogP contribution is 2.33. The van der Waals surface area contributed by atoms with Gasteiger partial charge in [0.2, 0.25) is 5.91 Å². The van der Waals surface area contributed by atoms with Crippen molar-refractivity contribution in [1.82, 2.24) is 24.8 Å². The van der Waals surface area contributed by atoms with E-state index in [9.17, 15) is 15.0 Å². The molecule has 3 heterocycles. The molecular weight excluding hydrogens is 320 g/mol. The predicted molar refractivity (Wildman–Crippen MR) is 80.5 cm³/mol. The van der Waals surface area contributed by atoms with E-state index in [0.29, 0.717) is 11.2 Å². The summed E-state index contributed by atoms with van der Waals surface area (Å²) >= 11 is 0. The van der Waals surface area contributed by atoms with E-state index in [1.54, 1.807) is 0 Å². The van der Waals surface area contributed by atoms with Crippen molar-refractivity contribution in [2.75, 3.05) is 26.0 Å². The number of nitrogens with one attached hydrogen (secondary N) is 1. The molecule has 3 rings (SSSR count). The molecule has 1 saturated heterocycles. The molecule has 0 radical (unpaired) electrons. The topological polar surface area (TPSA) is 158 Å². The number of carbonyl (C=O) groups excluding carboxylic acids is 1. The molecule has 0 saturated carbocycles. The fraction of sp³-hybridized carbons (Fsp3) is 0.538. The van der Waals surface area contributed by atoms with Crippen LogP contribution in [0.2, 0.25) is 0 Å². The summed E-state index contributed by atoms with van der Waals surface area (Å²) in [5.41, 5.74) is 6.50. The number of nitrogens with zero attached hydrogens (tertiary/aromatic N) is 4. The van der Waals surface area contributed by atoms with Crippen molar-refractivity contribution in [2.45, 2.75) is 24.5 Å². The minimum atomic E-state index is -1.14. The van der Waals surface area contributed by atoms with Gasteiger partial charge in [-0.3, -0.25) is 9.36 Å². The third-order valence-electron chi connectivity index (χ3n) is 3.84. The molecule has 0 aliphatic carbocycles. The Bertz CT molecular complexity index is 737. The average Bonchev–Trinajstić information content (AvgIpc) is 3.14. The molecule has 11 nitrogen and oxygen atoms in total. The van der Waals surface area contributed by atoms with Gasteiger partial charge in [-0.1, -0.05) is 0 Å². The van der Waals surface area contributed by atoms with Crippen molar-refractivity contribution >= 4 is 22.9 Å². The van der Waals surface area contributed by atoms with Crippen LogP contribution in [-0.4, -0.2) is 74.2 Å². The Morgan fingerprint density at radius 3 is 3.00 bits per heavy atom. The van der Waals surface area contributed by atoms with Crippen molar-refractivity contribution in [3.63, 3.8) is 0 Å². The number of rotatable bonds is 5. The fourth-order valence-corrected chi connectivity index (χ4v) is 2.60.